The van der Waals surface area contributed by atoms with Crippen molar-refractivity contribution in [2.24, 2.45) is 0 Å². The van der Waals surface area contributed by atoms with Gasteiger partial charge in [0.1, 0.15) is 5.60 Å². The minimum absolute atomic E-state index is 0.190. The number of benzene rings is 2. The van der Waals surface area contributed by atoms with Crippen molar-refractivity contribution in [1.29, 1.82) is 0 Å². The van der Waals surface area contributed by atoms with Crippen LogP contribution in [0.3, 0.4) is 0 Å². The topological polar surface area (TPSA) is 56.3 Å². The zero-order valence-corrected chi connectivity index (χ0v) is 22.9. The van der Waals surface area contributed by atoms with Crippen molar-refractivity contribution in [2.45, 2.75) is 65.1 Å². The second-order valence-corrected chi connectivity index (χ2v) is 11.0. The van der Waals surface area contributed by atoms with E-state index in [0.29, 0.717) is 19.5 Å². The Labute approximate surface area is 222 Å². The second-order valence-electron chi connectivity index (χ2n) is 11.0. The van der Waals surface area contributed by atoms with Crippen molar-refractivity contribution in [2.75, 3.05) is 49.1 Å². The molecule has 0 saturated carbocycles. The van der Waals surface area contributed by atoms with E-state index in [9.17, 15) is 9.59 Å². The molecule has 0 aliphatic carbocycles. The second kappa shape index (κ2) is 12.0. The Balaban J connectivity index is 1.36. The maximum atomic E-state index is 12.8. The predicted octanol–water partition coefficient (Wildman–Crippen LogP) is 5.15. The first-order valence-electron chi connectivity index (χ1n) is 13.7. The third kappa shape index (κ3) is 7.04. The highest BCUT2D eigenvalue weighted by atomic mass is 16.6. The molecule has 7 heteroatoms. The smallest absolute Gasteiger partial charge is 0.410 e. The van der Waals surface area contributed by atoms with Crippen molar-refractivity contribution in [1.82, 2.24) is 9.80 Å². The van der Waals surface area contributed by atoms with Gasteiger partial charge in [-0.05, 0) is 57.4 Å². The summed E-state index contributed by atoms with van der Waals surface area (Å²) < 4.78 is 5.54. The Morgan fingerprint density at radius 2 is 1.51 bits per heavy atom. The summed E-state index contributed by atoms with van der Waals surface area (Å²) in [5.74, 6) is 0.190. The largest absolute Gasteiger partial charge is 0.444 e. The van der Waals surface area contributed by atoms with Crippen LogP contribution in [0, 0.1) is 0 Å². The molecular formula is C30H42N4O3. The van der Waals surface area contributed by atoms with E-state index in [4.69, 9.17) is 4.74 Å². The van der Waals surface area contributed by atoms with Crippen molar-refractivity contribution in [3.63, 3.8) is 0 Å². The first-order chi connectivity index (χ1) is 17.7. The molecule has 2 aromatic rings. The van der Waals surface area contributed by atoms with E-state index in [1.807, 2.05) is 67.8 Å². The average Bonchev–Trinajstić information content (AvgIpc) is 2.89. The summed E-state index contributed by atoms with van der Waals surface area (Å²) >= 11 is 0. The highest BCUT2D eigenvalue weighted by Gasteiger charge is 2.30. The van der Waals surface area contributed by atoms with E-state index < -0.39 is 5.60 Å². The third-order valence-electron chi connectivity index (χ3n) is 7.19. The number of anilines is 2. The van der Waals surface area contributed by atoms with Crippen molar-refractivity contribution < 1.29 is 14.3 Å². The minimum Gasteiger partial charge on any atom is -0.444 e. The highest BCUT2D eigenvalue weighted by molar-refractivity contribution is 5.93. The van der Waals surface area contributed by atoms with Crippen LogP contribution < -0.4 is 9.80 Å². The van der Waals surface area contributed by atoms with Crippen LogP contribution >= 0.6 is 0 Å². The number of piperidine rings is 1. The van der Waals surface area contributed by atoms with Crippen LogP contribution in [0.25, 0.3) is 0 Å². The molecule has 2 amide bonds. The fraction of sp³-hybridized carbons (Fsp3) is 0.533. The molecule has 0 N–H and O–H groups in total. The SMILES string of the molecule is CCC(=O)N(c1ccccc1)C1CCN(c2ccccc2CN2CCN(C(=O)OC(C)(C)C)CC2)CC1. The number of nitrogens with zero attached hydrogens (tertiary/aromatic N) is 4. The number of amides is 2. The van der Waals surface area contributed by atoms with Gasteiger partial charge in [-0.1, -0.05) is 43.3 Å². The van der Waals surface area contributed by atoms with Gasteiger partial charge in [-0.3, -0.25) is 9.69 Å². The summed E-state index contributed by atoms with van der Waals surface area (Å²) in [6.45, 7) is 13.4. The number of rotatable bonds is 6. The molecule has 2 fully saturated rings. The quantitative estimate of drug-likeness (QED) is 0.542. The van der Waals surface area contributed by atoms with Crippen LogP contribution in [0.4, 0.5) is 16.2 Å². The molecule has 37 heavy (non-hydrogen) atoms. The van der Waals surface area contributed by atoms with E-state index in [1.54, 1.807) is 0 Å². The van der Waals surface area contributed by atoms with Crippen LogP contribution in [0.5, 0.6) is 0 Å². The number of hydrogen-bond donors (Lipinski definition) is 0. The zero-order chi connectivity index (χ0) is 26.4. The molecule has 0 radical (unpaired) electrons. The van der Waals surface area contributed by atoms with Gasteiger partial charge in [-0.2, -0.15) is 0 Å². The van der Waals surface area contributed by atoms with Crippen molar-refractivity contribution in [3.05, 3.63) is 60.2 Å². The van der Waals surface area contributed by atoms with Gasteiger partial charge >= 0.3 is 6.09 Å². The standard InChI is InChI=1S/C30H42N4O3/c1-5-28(35)34(25-12-7-6-8-13-25)26-15-17-32(18-16-26)27-14-10-9-11-24(27)23-31-19-21-33(22-20-31)29(36)37-30(2,3)4/h6-14,26H,5,15-23H2,1-4H3. The summed E-state index contributed by atoms with van der Waals surface area (Å²) in [7, 11) is 0. The van der Waals surface area contributed by atoms with E-state index in [0.717, 1.165) is 51.3 Å². The van der Waals surface area contributed by atoms with Crippen LogP contribution in [-0.4, -0.2) is 72.7 Å². The van der Waals surface area contributed by atoms with Crippen LogP contribution in [0.15, 0.2) is 54.6 Å². The van der Waals surface area contributed by atoms with Gasteiger partial charge < -0.3 is 19.4 Å². The van der Waals surface area contributed by atoms with Crippen LogP contribution in [-0.2, 0) is 16.1 Å². The summed E-state index contributed by atoms with van der Waals surface area (Å²) in [6.07, 6.45) is 2.19. The van der Waals surface area contributed by atoms with E-state index in [1.165, 1.54) is 11.3 Å². The summed E-state index contributed by atoms with van der Waals surface area (Å²) in [6, 6.07) is 19.0. The summed E-state index contributed by atoms with van der Waals surface area (Å²) in [5, 5.41) is 0. The van der Waals surface area contributed by atoms with Crippen molar-refractivity contribution in [3.8, 4) is 0 Å². The Kier molecular flexibility index (Phi) is 8.75. The highest BCUT2D eigenvalue weighted by Crippen LogP contribution is 2.29. The number of carbonyl (C=O) groups is 2. The number of piperazine rings is 1. The molecule has 0 bridgehead atoms. The lowest BCUT2D eigenvalue weighted by Crippen LogP contribution is -2.50. The number of ether oxygens (including phenoxy) is 1. The summed E-state index contributed by atoms with van der Waals surface area (Å²) in [4.78, 5) is 34.0. The fourth-order valence-electron chi connectivity index (χ4n) is 5.29. The van der Waals surface area contributed by atoms with Crippen LogP contribution in [0.1, 0.15) is 52.5 Å². The first-order valence-corrected chi connectivity index (χ1v) is 13.7. The molecule has 200 valence electrons. The van der Waals surface area contributed by atoms with Gasteiger partial charge in [0.2, 0.25) is 5.91 Å². The third-order valence-corrected chi connectivity index (χ3v) is 7.19. The monoisotopic (exact) mass is 506 g/mol. The Morgan fingerprint density at radius 1 is 0.892 bits per heavy atom. The molecule has 2 saturated heterocycles. The number of carbonyl (C=O) groups excluding carboxylic acids is 2. The van der Waals surface area contributed by atoms with E-state index >= 15 is 0 Å². The molecule has 7 nitrogen and oxygen atoms in total. The molecule has 0 aromatic heterocycles. The van der Waals surface area contributed by atoms with Gasteiger partial charge in [-0.25, -0.2) is 4.79 Å². The van der Waals surface area contributed by atoms with E-state index in [-0.39, 0.29) is 18.0 Å². The minimum atomic E-state index is -0.470. The van der Waals surface area contributed by atoms with Crippen LogP contribution in [0.2, 0.25) is 0 Å². The molecule has 0 spiro atoms. The predicted molar refractivity (Wildman–Crippen MR) is 149 cm³/mol. The molecule has 2 heterocycles. The van der Waals surface area contributed by atoms with Gasteiger partial charge in [0, 0.05) is 69.7 Å². The normalized spacial score (nSPS) is 17.5. The molecule has 0 unspecified atom stereocenters. The van der Waals surface area contributed by atoms with Gasteiger partial charge in [0.15, 0.2) is 0 Å². The Hall–Kier alpha value is -3.06. The number of hydrogen-bond acceptors (Lipinski definition) is 5. The lowest BCUT2D eigenvalue weighted by Gasteiger charge is -2.40. The van der Waals surface area contributed by atoms with Gasteiger partial charge in [0.05, 0.1) is 0 Å². The molecular weight excluding hydrogens is 464 g/mol. The Morgan fingerprint density at radius 3 is 2.14 bits per heavy atom. The fourth-order valence-corrected chi connectivity index (χ4v) is 5.29. The maximum absolute atomic E-state index is 12.8. The lowest BCUT2D eigenvalue weighted by molar-refractivity contribution is -0.118. The van der Waals surface area contributed by atoms with E-state index in [2.05, 4.69) is 34.1 Å². The molecule has 4 rings (SSSR count). The van der Waals surface area contributed by atoms with Gasteiger partial charge in [-0.15, -0.1) is 0 Å². The van der Waals surface area contributed by atoms with Gasteiger partial charge in [0.25, 0.3) is 0 Å². The molecule has 2 aliphatic heterocycles. The Bertz CT molecular complexity index is 1040. The molecule has 2 aromatic carbocycles. The zero-order valence-electron chi connectivity index (χ0n) is 22.9. The first kappa shape index (κ1) is 27.0. The molecule has 0 atom stereocenters. The molecule has 2 aliphatic rings. The lowest BCUT2D eigenvalue weighted by atomic mass is 10.00. The maximum Gasteiger partial charge on any atom is 0.410 e. The average molecular weight is 507 g/mol. The van der Waals surface area contributed by atoms with Crippen molar-refractivity contribution >= 4 is 23.4 Å². The summed E-state index contributed by atoms with van der Waals surface area (Å²) in [5.41, 5.74) is 3.13. The number of para-hydroxylation sites is 2.